The summed E-state index contributed by atoms with van der Waals surface area (Å²) >= 11 is 0. The van der Waals surface area contributed by atoms with Crippen LogP contribution in [0.3, 0.4) is 0 Å². The number of carbonyl (C=O) groups excluding carboxylic acids is 1. The molecule has 0 aliphatic rings. The van der Waals surface area contributed by atoms with Gasteiger partial charge in [-0.25, -0.2) is 5.43 Å². The molecule has 0 aliphatic heterocycles. The van der Waals surface area contributed by atoms with Gasteiger partial charge in [0.15, 0.2) is 6.61 Å². The van der Waals surface area contributed by atoms with E-state index in [1.54, 1.807) is 24.3 Å². The fourth-order valence-corrected chi connectivity index (χ4v) is 1.61. The number of nitriles is 1. The highest BCUT2D eigenvalue weighted by molar-refractivity contribution is 5.87. The maximum Gasteiger partial charge on any atom is 0.277 e. The first-order valence-corrected chi connectivity index (χ1v) is 6.55. The van der Waals surface area contributed by atoms with Crippen LogP contribution in [0, 0.1) is 17.2 Å². The Labute approximate surface area is 119 Å². The average molecular weight is 273 g/mol. The molecule has 1 N–H and O–H groups in total. The van der Waals surface area contributed by atoms with E-state index in [1.807, 2.05) is 26.8 Å². The van der Waals surface area contributed by atoms with Crippen LogP contribution < -0.4 is 10.2 Å². The number of rotatable bonds is 6. The molecule has 0 aliphatic carbocycles. The Balaban J connectivity index is 2.54. The summed E-state index contributed by atoms with van der Waals surface area (Å²) in [4.78, 5) is 11.6. The minimum atomic E-state index is -0.343. The number of hydrazone groups is 1. The van der Waals surface area contributed by atoms with E-state index in [2.05, 4.69) is 10.5 Å². The number of hydrogen-bond acceptors (Lipinski definition) is 4. The standard InChI is InChI=1S/C15H19N3O2/c1-4-13(11(2)3)17-18-15(19)10-20-14-8-6-5-7-12(14)9-16/h5-8,11H,4,10H2,1-3H3,(H,18,19)/b17-13-. The molecule has 20 heavy (non-hydrogen) atoms. The van der Waals surface area contributed by atoms with Crippen LogP contribution in [-0.2, 0) is 4.79 Å². The Morgan fingerprint density at radius 1 is 1.45 bits per heavy atom. The minimum Gasteiger partial charge on any atom is -0.482 e. The zero-order valence-corrected chi connectivity index (χ0v) is 12.0. The van der Waals surface area contributed by atoms with Crippen molar-refractivity contribution >= 4 is 11.6 Å². The molecule has 0 bridgehead atoms. The van der Waals surface area contributed by atoms with Gasteiger partial charge in [-0.2, -0.15) is 10.4 Å². The lowest BCUT2D eigenvalue weighted by Gasteiger charge is -2.09. The molecule has 5 nitrogen and oxygen atoms in total. The van der Waals surface area contributed by atoms with Crippen molar-refractivity contribution in [3.8, 4) is 11.8 Å². The number of carbonyl (C=O) groups is 1. The molecular formula is C15H19N3O2. The molecule has 1 rings (SSSR count). The summed E-state index contributed by atoms with van der Waals surface area (Å²) in [5, 5.41) is 13.0. The molecule has 0 unspecified atom stereocenters. The number of amides is 1. The molecule has 1 aromatic rings. The second kappa shape index (κ2) is 7.95. The average Bonchev–Trinajstić information content (AvgIpc) is 2.45. The molecule has 106 valence electrons. The van der Waals surface area contributed by atoms with E-state index < -0.39 is 0 Å². The van der Waals surface area contributed by atoms with Gasteiger partial charge < -0.3 is 4.74 Å². The molecule has 0 atom stereocenters. The lowest BCUT2D eigenvalue weighted by atomic mass is 10.1. The molecule has 0 spiro atoms. The molecule has 0 saturated heterocycles. The number of hydrogen-bond donors (Lipinski definition) is 1. The molecule has 0 heterocycles. The first-order chi connectivity index (χ1) is 9.58. The van der Waals surface area contributed by atoms with Crippen molar-refractivity contribution in [2.24, 2.45) is 11.0 Å². The van der Waals surface area contributed by atoms with Crippen molar-refractivity contribution < 1.29 is 9.53 Å². The molecular weight excluding hydrogens is 254 g/mol. The van der Waals surface area contributed by atoms with Gasteiger partial charge in [0.05, 0.1) is 5.56 Å². The lowest BCUT2D eigenvalue weighted by Crippen LogP contribution is -2.26. The predicted molar refractivity (Wildman–Crippen MR) is 77.4 cm³/mol. The zero-order valence-electron chi connectivity index (χ0n) is 12.0. The van der Waals surface area contributed by atoms with Gasteiger partial charge >= 0.3 is 0 Å². The maximum atomic E-state index is 11.6. The van der Waals surface area contributed by atoms with Crippen molar-refractivity contribution in [2.45, 2.75) is 27.2 Å². The number of nitrogens with one attached hydrogen (secondary N) is 1. The Hall–Kier alpha value is -2.35. The SMILES string of the molecule is CC/C(=N/NC(=O)COc1ccccc1C#N)C(C)C. The molecule has 0 aromatic heterocycles. The van der Waals surface area contributed by atoms with E-state index in [0.717, 1.165) is 12.1 Å². The molecule has 0 saturated carbocycles. The van der Waals surface area contributed by atoms with E-state index in [0.29, 0.717) is 17.2 Å². The fraction of sp³-hybridized carbons (Fsp3) is 0.400. The van der Waals surface area contributed by atoms with E-state index in [-0.39, 0.29) is 12.5 Å². The summed E-state index contributed by atoms with van der Waals surface area (Å²) in [6, 6.07) is 8.79. The Bertz CT molecular complexity index is 530. The largest absolute Gasteiger partial charge is 0.482 e. The number of benzene rings is 1. The van der Waals surface area contributed by atoms with E-state index >= 15 is 0 Å². The Morgan fingerprint density at radius 3 is 2.75 bits per heavy atom. The van der Waals surface area contributed by atoms with Crippen LogP contribution in [0.1, 0.15) is 32.8 Å². The first-order valence-electron chi connectivity index (χ1n) is 6.55. The van der Waals surface area contributed by atoms with E-state index in [9.17, 15) is 4.79 Å². The highest BCUT2D eigenvalue weighted by atomic mass is 16.5. The highest BCUT2D eigenvalue weighted by Crippen LogP contribution is 2.16. The second-order valence-electron chi connectivity index (χ2n) is 4.54. The normalized spacial score (nSPS) is 11.1. The molecule has 0 fully saturated rings. The third-order valence-electron chi connectivity index (χ3n) is 2.72. The van der Waals surface area contributed by atoms with Crippen molar-refractivity contribution in [1.29, 1.82) is 5.26 Å². The third kappa shape index (κ3) is 4.73. The smallest absolute Gasteiger partial charge is 0.277 e. The maximum absolute atomic E-state index is 11.6. The summed E-state index contributed by atoms with van der Waals surface area (Å²) in [7, 11) is 0. The number of para-hydroxylation sites is 1. The van der Waals surface area contributed by atoms with Gasteiger partial charge in [-0.05, 0) is 24.5 Å². The van der Waals surface area contributed by atoms with Gasteiger partial charge in [0.1, 0.15) is 11.8 Å². The van der Waals surface area contributed by atoms with Gasteiger partial charge in [-0.1, -0.05) is 32.9 Å². The molecule has 0 radical (unpaired) electrons. The highest BCUT2D eigenvalue weighted by Gasteiger charge is 2.07. The summed E-state index contributed by atoms with van der Waals surface area (Å²) in [6.45, 7) is 5.87. The van der Waals surface area contributed by atoms with E-state index in [1.165, 1.54) is 0 Å². The van der Waals surface area contributed by atoms with Gasteiger partial charge in [-0.3, -0.25) is 4.79 Å². The fourth-order valence-electron chi connectivity index (χ4n) is 1.61. The van der Waals surface area contributed by atoms with Gasteiger partial charge in [-0.15, -0.1) is 0 Å². The number of ether oxygens (including phenoxy) is 1. The van der Waals surface area contributed by atoms with Crippen LogP contribution in [0.2, 0.25) is 0 Å². The second-order valence-corrected chi connectivity index (χ2v) is 4.54. The predicted octanol–water partition coefficient (Wildman–Crippen LogP) is 2.48. The van der Waals surface area contributed by atoms with Crippen LogP contribution in [0.4, 0.5) is 0 Å². The van der Waals surface area contributed by atoms with Crippen LogP contribution in [0.5, 0.6) is 5.75 Å². The molecule has 5 heteroatoms. The van der Waals surface area contributed by atoms with Crippen LogP contribution in [-0.4, -0.2) is 18.2 Å². The minimum absolute atomic E-state index is 0.169. The van der Waals surface area contributed by atoms with E-state index in [4.69, 9.17) is 10.00 Å². The van der Waals surface area contributed by atoms with Crippen molar-refractivity contribution in [3.05, 3.63) is 29.8 Å². The van der Waals surface area contributed by atoms with Crippen LogP contribution >= 0.6 is 0 Å². The summed E-state index contributed by atoms with van der Waals surface area (Å²) in [6.07, 6.45) is 0.788. The molecule has 1 aromatic carbocycles. The summed E-state index contributed by atoms with van der Waals surface area (Å²) in [5.41, 5.74) is 3.79. The lowest BCUT2D eigenvalue weighted by molar-refractivity contribution is -0.123. The topological polar surface area (TPSA) is 74.5 Å². The quantitative estimate of drug-likeness (QED) is 0.639. The van der Waals surface area contributed by atoms with Crippen molar-refractivity contribution in [3.63, 3.8) is 0 Å². The summed E-state index contributed by atoms with van der Waals surface area (Å²) < 4.78 is 5.31. The van der Waals surface area contributed by atoms with Gasteiger partial charge in [0.25, 0.3) is 5.91 Å². The van der Waals surface area contributed by atoms with Crippen molar-refractivity contribution in [2.75, 3.05) is 6.61 Å². The van der Waals surface area contributed by atoms with Crippen LogP contribution in [0.15, 0.2) is 29.4 Å². The summed E-state index contributed by atoms with van der Waals surface area (Å²) in [5.74, 6) is 0.346. The van der Waals surface area contributed by atoms with Gasteiger partial charge in [0, 0.05) is 5.71 Å². The van der Waals surface area contributed by atoms with Gasteiger partial charge in [0.2, 0.25) is 0 Å². The third-order valence-corrected chi connectivity index (χ3v) is 2.72. The van der Waals surface area contributed by atoms with Crippen LogP contribution in [0.25, 0.3) is 0 Å². The molecule has 1 amide bonds. The first kappa shape index (κ1) is 15.7. The monoisotopic (exact) mass is 273 g/mol. The zero-order chi connectivity index (χ0) is 15.0. The Kier molecular flexibility index (Phi) is 6.24. The number of nitrogens with zero attached hydrogens (tertiary/aromatic N) is 2. The Morgan fingerprint density at radius 2 is 2.15 bits per heavy atom. The van der Waals surface area contributed by atoms with Crippen molar-refractivity contribution in [1.82, 2.24) is 5.43 Å².